The first-order chi connectivity index (χ1) is 17.8. The number of fused-ring (bicyclic) bond motifs is 1. The molecule has 2 aromatic rings. The van der Waals surface area contributed by atoms with Crippen molar-refractivity contribution in [3.8, 4) is 0 Å². The smallest absolute Gasteiger partial charge is 0.356 e. The summed E-state index contributed by atoms with van der Waals surface area (Å²) in [7, 11) is 1.29. The van der Waals surface area contributed by atoms with Gasteiger partial charge in [0.2, 0.25) is 5.91 Å². The van der Waals surface area contributed by atoms with E-state index in [0.717, 1.165) is 11.1 Å². The van der Waals surface area contributed by atoms with E-state index < -0.39 is 41.0 Å². The number of hydrogen-bond donors (Lipinski definition) is 1. The minimum Gasteiger partial charge on any atom is -0.461 e. The molecule has 37 heavy (non-hydrogen) atoms. The summed E-state index contributed by atoms with van der Waals surface area (Å²) < 4.78 is 16.6. The van der Waals surface area contributed by atoms with Gasteiger partial charge in [-0.25, -0.2) is 4.79 Å². The number of benzene rings is 2. The van der Waals surface area contributed by atoms with Gasteiger partial charge in [-0.05, 0) is 11.1 Å². The second-order valence-electron chi connectivity index (χ2n) is 8.30. The molecule has 2 atom stereocenters. The average molecular weight is 545 g/mol. The number of ether oxygens (including phenoxy) is 3. The highest BCUT2D eigenvalue weighted by atomic mass is 35.5. The molecule has 0 spiro atoms. The van der Waals surface area contributed by atoms with Crippen molar-refractivity contribution in [1.29, 1.82) is 0 Å². The predicted octanol–water partition coefficient (Wildman–Crippen LogP) is 2.75. The molecule has 0 radical (unpaired) electrons. The zero-order chi connectivity index (χ0) is 26.6. The number of nitrogens with one attached hydrogen (secondary N) is 1. The van der Waals surface area contributed by atoms with Crippen molar-refractivity contribution >= 4 is 47.1 Å². The van der Waals surface area contributed by atoms with E-state index in [1.807, 2.05) is 60.7 Å². The lowest BCUT2D eigenvalue weighted by Crippen LogP contribution is -2.80. The van der Waals surface area contributed by atoms with Crippen molar-refractivity contribution in [2.45, 2.75) is 24.1 Å². The van der Waals surface area contributed by atoms with E-state index in [4.69, 9.17) is 25.8 Å². The van der Waals surface area contributed by atoms with Crippen LogP contribution < -0.4 is 5.32 Å². The fourth-order valence-electron chi connectivity index (χ4n) is 4.22. The lowest BCUT2D eigenvalue weighted by Gasteiger charge is -2.55. The minimum atomic E-state index is -1.69. The quantitative estimate of drug-likeness (QED) is 0.222. The summed E-state index contributed by atoms with van der Waals surface area (Å²) in [6.07, 6.45) is -0.759. The van der Waals surface area contributed by atoms with Gasteiger partial charge in [-0.2, -0.15) is 0 Å². The molecule has 2 amide bonds. The summed E-state index contributed by atoms with van der Waals surface area (Å²) in [5.41, 5.74) is 0.151. The largest absolute Gasteiger partial charge is 0.461 e. The van der Waals surface area contributed by atoms with E-state index in [9.17, 15) is 19.2 Å². The summed E-state index contributed by atoms with van der Waals surface area (Å²) in [5, 5.41) is 1.77. The van der Waals surface area contributed by atoms with Crippen LogP contribution in [-0.4, -0.2) is 65.1 Å². The number of rotatable bonds is 9. The lowest BCUT2D eigenvalue weighted by atomic mass is 9.97. The summed E-state index contributed by atoms with van der Waals surface area (Å²) in [5.74, 6) is -2.69. The number of alkyl halides is 1. The highest BCUT2D eigenvalue weighted by molar-refractivity contribution is 8.00. The van der Waals surface area contributed by atoms with E-state index in [1.54, 1.807) is 0 Å². The van der Waals surface area contributed by atoms with Gasteiger partial charge in [0.25, 0.3) is 11.6 Å². The van der Waals surface area contributed by atoms with Crippen molar-refractivity contribution in [2.24, 2.45) is 0 Å². The minimum absolute atomic E-state index is 0.0420. The number of carbonyl (C=O) groups is 4. The van der Waals surface area contributed by atoms with E-state index >= 15 is 0 Å². The van der Waals surface area contributed by atoms with Crippen LogP contribution in [0.2, 0.25) is 0 Å². The van der Waals surface area contributed by atoms with Crippen LogP contribution in [0.15, 0.2) is 71.9 Å². The SMILES string of the molecule is CO[C@@]1(NC(=O)CCl)C(=O)N2C(C(=O)OC(c3ccccc3)c3ccccc3)=C(COC(C)=O)CS[C@@H]21. The molecule has 0 bridgehead atoms. The van der Waals surface area contributed by atoms with Gasteiger partial charge in [0, 0.05) is 25.4 Å². The van der Waals surface area contributed by atoms with Crippen LogP contribution in [0.1, 0.15) is 24.2 Å². The zero-order valence-electron chi connectivity index (χ0n) is 20.1. The van der Waals surface area contributed by atoms with Crippen LogP contribution in [0.4, 0.5) is 0 Å². The highest BCUT2D eigenvalue weighted by Gasteiger charge is 2.66. The molecule has 194 valence electrons. The maximum absolute atomic E-state index is 13.8. The Hall–Kier alpha value is -3.34. The second-order valence-corrected chi connectivity index (χ2v) is 9.64. The number of amides is 2. The first kappa shape index (κ1) is 26.7. The number of carbonyl (C=O) groups excluding carboxylic acids is 4. The lowest BCUT2D eigenvalue weighted by molar-refractivity contribution is -0.193. The van der Waals surface area contributed by atoms with E-state index in [0.29, 0.717) is 5.57 Å². The molecule has 2 aromatic carbocycles. The molecule has 0 unspecified atom stereocenters. The van der Waals surface area contributed by atoms with Gasteiger partial charge in [-0.15, -0.1) is 23.4 Å². The monoisotopic (exact) mass is 544 g/mol. The van der Waals surface area contributed by atoms with Crippen molar-refractivity contribution in [3.05, 3.63) is 83.1 Å². The fourth-order valence-corrected chi connectivity index (χ4v) is 5.71. The molecule has 1 N–H and O–H groups in total. The Labute approximate surface area is 223 Å². The Kier molecular flexibility index (Phi) is 8.21. The summed E-state index contributed by atoms with van der Waals surface area (Å²) in [6, 6.07) is 18.4. The maximum atomic E-state index is 13.8. The molecule has 1 saturated heterocycles. The van der Waals surface area contributed by atoms with E-state index in [2.05, 4.69) is 5.32 Å². The first-order valence-corrected chi connectivity index (χ1v) is 12.9. The molecule has 2 aliphatic heterocycles. The number of nitrogens with zero attached hydrogens (tertiary/aromatic N) is 1. The zero-order valence-corrected chi connectivity index (χ0v) is 21.7. The van der Waals surface area contributed by atoms with Crippen LogP contribution >= 0.6 is 23.4 Å². The Morgan fingerprint density at radius 1 is 1.11 bits per heavy atom. The topological polar surface area (TPSA) is 111 Å². The van der Waals surface area contributed by atoms with Gasteiger partial charge in [-0.3, -0.25) is 19.3 Å². The number of hydrogen-bond acceptors (Lipinski definition) is 8. The second kappa shape index (κ2) is 11.4. The normalized spacial score (nSPS) is 20.7. The van der Waals surface area contributed by atoms with E-state index in [1.165, 1.54) is 30.7 Å². The molecule has 0 saturated carbocycles. The Bertz CT molecular complexity index is 1180. The molecule has 11 heteroatoms. The maximum Gasteiger partial charge on any atom is 0.356 e. The Morgan fingerprint density at radius 3 is 2.22 bits per heavy atom. The highest BCUT2D eigenvalue weighted by Crippen LogP contribution is 2.47. The van der Waals surface area contributed by atoms with E-state index in [-0.39, 0.29) is 23.9 Å². The van der Waals surface area contributed by atoms with Gasteiger partial charge < -0.3 is 19.5 Å². The standard InChI is InChI=1S/C26H25ClN2O7S/c1-16(30)35-14-19-15-37-25-26(34-2,28-20(31)13-27)24(33)29(25)21(19)23(32)36-22(17-9-5-3-6-10-17)18-11-7-4-8-12-18/h3-12,22,25H,13-15H2,1-2H3,(H,28,31)/t25-,26+/m1/s1. The van der Waals surface area contributed by atoms with Crippen molar-refractivity contribution in [3.63, 3.8) is 0 Å². The molecule has 0 aliphatic carbocycles. The summed E-state index contributed by atoms with van der Waals surface area (Å²) in [6.45, 7) is 1.06. The van der Waals surface area contributed by atoms with Gasteiger partial charge >= 0.3 is 11.9 Å². The fraction of sp³-hybridized carbons (Fsp3) is 0.308. The molecular weight excluding hydrogens is 520 g/mol. The number of thioether (sulfide) groups is 1. The number of methoxy groups -OCH3 is 1. The van der Waals surface area contributed by atoms with Crippen LogP contribution in [0.3, 0.4) is 0 Å². The van der Waals surface area contributed by atoms with Gasteiger partial charge in [-0.1, -0.05) is 60.7 Å². The Morgan fingerprint density at radius 2 is 1.70 bits per heavy atom. The van der Waals surface area contributed by atoms with Crippen molar-refractivity contribution in [2.75, 3.05) is 25.3 Å². The third-order valence-electron chi connectivity index (χ3n) is 5.95. The number of halogens is 1. The molecule has 0 aromatic heterocycles. The van der Waals surface area contributed by atoms with Crippen LogP contribution in [0, 0.1) is 0 Å². The van der Waals surface area contributed by atoms with Gasteiger partial charge in [0.15, 0.2) is 6.10 Å². The molecule has 4 rings (SSSR count). The number of esters is 2. The molecule has 9 nitrogen and oxygen atoms in total. The third-order valence-corrected chi connectivity index (χ3v) is 7.57. The predicted molar refractivity (Wildman–Crippen MR) is 136 cm³/mol. The first-order valence-electron chi connectivity index (χ1n) is 11.4. The van der Waals surface area contributed by atoms with Crippen molar-refractivity contribution < 1.29 is 33.4 Å². The number of β-lactam (4-membered cyclic amide) rings is 1. The third kappa shape index (κ3) is 5.22. The Balaban J connectivity index is 1.71. The molecule has 2 aliphatic rings. The van der Waals surface area contributed by atoms with Gasteiger partial charge in [0.1, 0.15) is 23.6 Å². The molecular formula is C26H25ClN2O7S. The van der Waals surface area contributed by atoms with Crippen molar-refractivity contribution in [1.82, 2.24) is 10.2 Å². The summed E-state index contributed by atoms with van der Waals surface area (Å²) >= 11 is 6.89. The summed E-state index contributed by atoms with van der Waals surface area (Å²) in [4.78, 5) is 51.9. The molecule has 2 heterocycles. The van der Waals surface area contributed by atoms with Gasteiger partial charge in [0.05, 0.1) is 0 Å². The van der Waals surface area contributed by atoms with Crippen LogP contribution in [0.25, 0.3) is 0 Å². The van der Waals surface area contributed by atoms with Crippen LogP contribution in [0.5, 0.6) is 0 Å². The molecule has 1 fully saturated rings. The average Bonchev–Trinajstić information content (AvgIpc) is 2.93. The van der Waals surface area contributed by atoms with Crippen LogP contribution in [-0.2, 0) is 33.4 Å².